The van der Waals surface area contributed by atoms with Crippen LogP contribution < -0.4 is 0 Å². The summed E-state index contributed by atoms with van der Waals surface area (Å²) in [4.78, 5) is 11.5. The second-order valence-corrected chi connectivity index (χ2v) is 8.39. The molecule has 0 aliphatic rings. The third-order valence-electron chi connectivity index (χ3n) is 5.85. The van der Waals surface area contributed by atoms with Gasteiger partial charge in [0.05, 0.1) is 5.92 Å². The summed E-state index contributed by atoms with van der Waals surface area (Å²) in [5.41, 5.74) is 0.941. The molecule has 160 valence electrons. The monoisotopic (exact) mass is 388 g/mol. The molecule has 0 radical (unpaired) electrons. The molecule has 0 heterocycles. The minimum Gasteiger partial charge on any atom is -0.481 e. The standard InChI is InChI=1S/C26H44O2/c1-2-3-4-5-6-7-8-9-10-11-12-13-14-15-16-20-23-25(26(27)28)24-21-18-17-19-22-24/h17-19,21-22,25H,2-16,20,23H2,1H3,(H,27,28). The first-order chi connectivity index (χ1) is 13.8. The lowest BCUT2D eigenvalue weighted by atomic mass is 9.93. The van der Waals surface area contributed by atoms with Crippen LogP contribution in [0.25, 0.3) is 0 Å². The number of carboxylic acid groups (broad SMARTS) is 1. The molecule has 1 aromatic rings. The summed E-state index contributed by atoms with van der Waals surface area (Å²) in [6.07, 6.45) is 22.4. The van der Waals surface area contributed by atoms with E-state index in [1.54, 1.807) is 0 Å². The molecule has 0 aromatic heterocycles. The first-order valence-corrected chi connectivity index (χ1v) is 12.0. The normalized spacial score (nSPS) is 12.2. The van der Waals surface area contributed by atoms with Crippen LogP contribution in [0.15, 0.2) is 30.3 Å². The maximum absolute atomic E-state index is 11.5. The number of aliphatic carboxylic acids is 1. The third-order valence-corrected chi connectivity index (χ3v) is 5.85. The molecule has 0 aliphatic carbocycles. The van der Waals surface area contributed by atoms with E-state index in [2.05, 4.69) is 6.92 Å². The van der Waals surface area contributed by atoms with Gasteiger partial charge in [0.25, 0.3) is 0 Å². The fourth-order valence-electron chi connectivity index (χ4n) is 4.01. The molecule has 1 atom stereocenters. The van der Waals surface area contributed by atoms with Crippen LogP contribution in [0.5, 0.6) is 0 Å². The lowest BCUT2D eigenvalue weighted by molar-refractivity contribution is -0.139. The number of benzene rings is 1. The van der Waals surface area contributed by atoms with Crippen LogP contribution in [0.2, 0.25) is 0 Å². The van der Waals surface area contributed by atoms with E-state index in [9.17, 15) is 9.90 Å². The predicted molar refractivity (Wildman–Crippen MR) is 121 cm³/mol. The number of carbonyl (C=O) groups is 1. The van der Waals surface area contributed by atoms with Crippen LogP contribution >= 0.6 is 0 Å². The zero-order chi connectivity index (χ0) is 20.3. The van der Waals surface area contributed by atoms with Gasteiger partial charge in [-0.2, -0.15) is 0 Å². The molecular formula is C26H44O2. The third kappa shape index (κ3) is 13.0. The topological polar surface area (TPSA) is 37.3 Å². The van der Waals surface area contributed by atoms with Crippen LogP contribution in [0, 0.1) is 0 Å². The van der Waals surface area contributed by atoms with Crippen molar-refractivity contribution in [2.75, 3.05) is 0 Å². The van der Waals surface area contributed by atoms with Crippen molar-refractivity contribution >= 4 is 5.97 Å². The molecule has 1 rings (SSSR count). The molecular weight excluding hydrogens is 344 g/mol. The van der Waals surface area contributed by atoms with Gasteiger partial charge in [0.1, 0.15) is 0 Å². The van der Waals surface area contributed by atoms with Crippen molar-refractivity contribution in [2.24, 2.45) is 0 Å². The van der Waals surface area contributed by atoms with E-state index in [0.717, 1.165) is 24.8 Å². The highest BCUT2D eigenvalue weighted by Crippen LogP contribution is 2.23. The Bertz CT molecular complexity index is 469. The number of carboxylic acids is 1. The Morgan fingerprint density at radius 2 is 1.07 bits per heavy atom. The summed E-state index contributed by atoms with van der Waals surface area (Å²) in [6, 6.07) is 9.67. The van der Waals surface area contributed by atoms with Crippen molar-refractivity contribution in [3.05, 3.63) is 35.9 Å². The fourth-order valence-corrected chi connectivity index (χ4v) is 4.01. The Morgan fingerprint density at radius 3 is 1.46 bits per heavy atom. The zero-order valence-electron chi connectivity index (χ0n) is 18.3. The zero-order valence-corrected chi connectivity index (χ0v) is 18.3. The van der Waals surface area contributed by atoms with Crippen molar-refractivity contribution in [3.8, 4) is 0 Å². The van der Waals surface area contributed by atoms with E-state index >= 15 is 0 Å². The van der Waals surface area contributed by atoms with Gasteiger partial charge >= 0.3 is 5.97 Å². The summed E-state index contributed by atoms with van der Waals surface area (Å²) < 4.78 is 0. The summed E-state index contributed by atoms with van der Waals surface area (Å²) in [5, 5.41) is 9.45. The Morgan fingerprint density at radius 1 is 0.679 bits per heavy atom. The van der Waals surface area contributed by atoms with Crippen LogP contribution in [0.3, 0.4) is 0 Å². The van der Waals surface area contributed by atoms with Crippen LogP contribution in [-0.2, 0) is 4.79 Å². The maximum Gasteiger partial charge on any atom is 0.310 e. The van der Waals surface area contributed by atoms with Crippen molar-refractivity contribution in [2.45, 2.75) is 122 Å². The quantitative estimate of drug-likeness (QED) is 0.241. The van der Waals surface area contributed by atoms with Gasteiger partial charge < -0.3 is 5.11 Å². The molecule has 28 heavy (non-hydrogen) atoms. The highest BCUT2D eigenvalue weighted by molar-refractivity contribution is 5.75. The van der Waals surface area contributed by atoms with E-state index in [1.165, 1.54) is 89.9 Å². The van der Waals surface area contributed by atoms with Crippen LogP contribution in [0.1, 0.15) is 128 Å². The first kappa shape index (κ1) is 24.7. The van der Waals surface area contributed by atoms with Crippen molar-refractivity contribution in [3.63, 3.8) is 0 Å². The van der Waals surface area contributed by atoms with Crippen LogP contribution in [0.4, 0.5) is 0 Å². The molecule has 0 saturated carbocycles. The first-order valence-electron chi connectivity index (χ1n) is 12.0. The number of unbranched alkanes of at least 4 members (excludes halogenated alkanes) is 15. The highest BCUT2D eigenvalue weighted by atomic mass is 16.4. The largest absolute Gasteiger partial charge is 0.481 e. The van der Waals surface area contributed by atoms with Gasteiger partial charge in [0, 0.05) is 0 Å². The maximum atomic E-state index is 11.5. The summed E-state index contributed by atoms with van der Waals surface area (Å²) in [7, 11) is 0. The predicted octanol–water partition coefficient (Wildman–Crippen LogP) is 8.51. The van der Waals surface area contributed by atoms with Crippen molar-refractivity contribution in [1.29, 1.82) is 0 Å². The Hall–Kier alpha value is -1.31. The molecule has 0 amide bonds. The van der Waals surface area contributed by atoms with Crippen LogP contribution in [-0.4, -0.2) is 11.1 Å². The van der Waals surface area contributed by atoms with Gasteiger partial charge in [-0.05, 0) is 12.0 Å². The van der Waals surface area contributed by atoms with Gasteiger partial charge in [0.2, 0.25) is 0 Å². The minimum absolute atomic E-state index is 0.340. The van der Waals surface area contributed by atoms with Gasteiger partial charge in [-0.3, -0.25) is 4.79 Å². The fraction of sp³-hybridized carbons (Fsp3) is 0.731. The number of hydrogen-bond donors (Lipinski definition) is 1. The lowest BCUT2D eigenvalue weighted by Crippen LogP contribution is -2.11. The van der Waals surface area contributed by atoms with E-state index in [4.69, 9.17) is 0 Å². The van der Waals surface area contributed by atoms with Gasteiger partial charge in [-0.25, -0.2) is 0 Å². The van der Waals surface area contributed by atoms with E-state index in [-0.39, 0.29) is 5.92 Å². The Labute approximate surface area is 174 Å². The minimum atomic E-state index is -0.688. The van der Waals surface area contributed by atoms with E-state index in [0.29, 0.717) is 0 Å². The van der Waals surface area contributed by atoms with Gasteiger partial charge in [0.15, 0.2) is 0 Å². The Balaban J connectivity index is 1.88. The molecule has 0 saturated heterocycles. The average molecular weight is 389 g/mol. The Kier molecular flexibility index (Phi) is 15.7. The van der Waals surface area contributed by atoms with E-state index in [1.807, 2.05) is 30.3 Å². The average Bonchev–Trinajstić information content (AvgIpc) is 2.70. The SMILES string of the molecule is CCCCCCCCCCCCCCCCCCC(C(=O)O)c1ccccc1. The number of hydrogen-bond acceptors (Lipinski definition) is 1. The van der Waals surface area contributed by atoms with Gasteiger partial charge in [-0.1, -0.05) is 140 Å². The molecule has 0 bridgehead atoms. The molecule has 2 heteroatoms. The molecule has 1 unspecified atom stereocenters. The molecule has 2 nitrogen and oxygen atoms in total. The molecule has 0 fully saturated rings. The lowest BCUT2D eigenvalue weighted by Gasteiger charge is -2.12. The molecule has 0 aliphatic heterocycles. The molecule has 0 spiro atoms. The second-order valence-electron chi connectivity index (χ2n) is 8.39. The number of rotatable bonds is 19. The molecule has 1 N–H and O–H groups in total. The van der Waals surface area contributed by atoms with Crippen molar-refractivity contribution in [1.82, 2.24) is 0 Å². The van der Waals surface area contributed by atoms with E-state index < -0.39 is 5.97 Å². The summed E-state index contributed by atoms with van der Waals surface area (Å²) in [5.74, 6) is -1.03. The molecule has 1 aromatic carbocycles. The smallest absolute Gasteiger partial charge is 0.310 e. The summed E-state index contributed by atoms with van der Waals surface area (Å²) in [6.45, 7) is 2.28. The summed E-state index contributed by atoms with van der Waals surface area (Å²) >= 11 is 0. The van der Waals surface area contributed by atoms with Gasteiger partial charge in [-0.15, -0.1) is 0 Å². The second kappa shape index (κ2) is 17.8. The van der Waals surface area contributed by atoms with Crippen molar-refractivity contribution < 1.29 is 9.90 Å². The highest BCUT2D eigenvalue weighted by Gasteiger charge is 2.18.